The SMILES string of the molecule is COc1ccc(/C(C)=N\Nc2nc3c(c(=O)n(C)c(=O)n3C)n2CC(O)COc2ccccc2C)cc1. The van der Waals surface area contributed by atoms with Crippen LogP contribution in [-0.2, 0) is 20.6 Å². The van der Waals surface area contributed by atoms with Gasteiger partial charge >= 0.3 is 5.69 Å². The number of hydrogen-bond donors (Lipinski definition) is 2. The molecule has 4 aromatic rings. The maximum absolute atomic E-state index is 13.1. The molecular formula is C26H30N6O5. The summed E-state index contributed by atoms with van der Waals surface area (Å²) in [6.45, 7) is 3.71. The van der Waals surface area contributed by atoms with Crippen LogP contribution in [0.2, 0.25) is 0 Å². The first-order valence-corrected chi connectivity index (χ1v) is 11.7. The topological polar surface area (TPSA) is 125 Å². The molecule has 0 amide bonds. The van der Waals surface area contributed by atoms with Gasteiger partial charge in [-0.2, -0.15) is 10.1 Å². The molecule has 194 valence electrons. The van der Waals surface area contributed by atoms with E-state index in [1.165, 1.54) is 23.2 Å². The molecule has 11 heteroatoms. The number of aromatic nitrogens is 4. The van der Waals surface area contributed by atoms with Crippen LogP contribution in [0.1, 0.15) is 18.1 Å². The summed E-state index contributed by atoms with van der Waals surface area (Å²) in [5, 5.41) is 15.2. The molecule has 0 fully saturated rings. The number of nitrogens with one attached hydrogen (secondary N) is 1. The molecule has 0 aliphatic carbocycles. The van der Waals surface area contributed by atoms with Gasteiger partial charge in [-0.3, -0.25) is 13.9 Å². The smallest absolute Gasteiger partial charge is 0.332 e. The molecule has 0 radical (unpaired) electrons. The summed E-state index contributed by atoms with van der Waals surface area (Å²) >= 11 is 0. The lowest BCUT2D eigenvalue weighted by Gasteiger charge is -2.16. The molecule has 11 nitrogen and oxygen atoms in total. The number of hydrazone groups is 1. The Morgan fingerprint density at radius 1 is 1.11 bits per heavy atom. The third-order valence-corrected chi connectivity index (χ3v) is 6.10. The van der Waals surface area contributed by atoms with Gasteiger partial charge in [-0.1, -0.05) is 18.2 Å². The fourth-order valence-electron chi connectivity index (χ4n) is 3.91. The van der Waals surface area contributed by atoms with Crippen LogP contribution < -0.4 is 26.1 Å². The third-order valence-electron chi connectivity index (χ3n) is 6.10. The Bertz CT molecular complexity index is 1570. The Morgan fingerprint density at radius 3 is 2.49 bits per heavy atom. The lowest BCUT2D eigenvalue weighted by atomic mass is 10.1. The fourth-order valence-corrected chi connectivity index (χ4v) is 3.91. The van der Waals surface area contributed by atoms with Crippen LogP contribution in [0.3, 0.4) is 0 Å². The minimum Gasteiger partial charge on any atom is -0.497 e. The first kappa shape index (κ1) is 25.7. The molecule has 2 N–H and O–H groups in total. The molecule has 1 atom stereocenters. The Hall–Kier alpha value is -4.38. The second-order valence-electron chi connectivity index (χ2n) is 8.69. The number of aliphatic hydroxyl groups excluding tert-OH is 1. The number of ether oxygens (including phenoxy) is 2. The van der Waals surface area contributed by atoms with Gasteiger partial charge in [0.25, 0.3) is 5.56 Å². The summed E-state index contributed by atoms with van der Waals surface area (Å²) in [5.74, 6) is 1.59. The quantitative estimate of drug-likeness (QED) is 0.263. The number of rotatable bonds is 9. The molecule has 1 unspecified atom stereocenters. The van der Waals surface area contributed by atoms with E-state index >= 15 is 0 Å². The van der Waals surface area contributed by atoms with E-state index in [4.69, 9.17) is 9.47 Å². The number of para-hydroxylation sites is 1. The van der Waals surface area contributed by atoms with E-state index in [1.54, 1.807) is 7.11 Å². The van der Waals surface area contributed by atoms with Crippen molar-refractivity contribution in [2.24, 2.45) is 19.2 Å². The number of aryl methyl sites for hydroxylation is 2. The number of benzene rings is 2. The average Bonchev–Trinajstić information content (AvgIpc) is 3.26. The van der Waals surface area contributed by atoms with Crippen molar-refractivity contribution in [1.29, 1.82) is 0 Å². The second-order valence-corrected chi connectivity index (χ2v) is 8.69. The Kier molecular flexibility index (Phi) is 7.44. The molecule has 2 heterocycles. The molecular weight excluding hydrogens is 476 g/mol. The van der Waals surface area contributed by atoms with Crippen molar-refractivity contribution in [2.45, 2.75) is 26.5 Å². The fraction of sp³-hybridized carbons (Fsp3) is 0.308. The van der Waals surface area contributed by atoms with Gasteiger partial charge in [-0.15, -0.1) is 0 Å². The number of anilines is 1. The van der Waals surface area contributed by atoms with Crippen LogP contribution in [0, 0.1) is 6.92 Å². The van der Waals surface area contributed by atoms with Crippen LogP contribution in [0.25, 0.3) is 11.2 Å². The lowest BCUT2D eigenvalue weighted by molar-refractivity contribution is 0.0935. The van der Waals surface area contributed by atoms with Gasteiger partial charge in [-0.05, 0) is 55.3 Å². The highest BCUT2D eigenvalue weighted by Gasteiger charge is 2.21. The van der Waals surface area contributed by atoms with E-state index in [9.17, 15) is 14.7 Å². The summed E-state index contributed by atoms with van der Waals surface area (Å²) < 4.78 is 14.8. The molecule has 0 bridgehead atoms. The van der Waals surface area contributed by atoms with E-state index in [2.05, 4.69) is 15.5 Å². The predicted octanol–water partition coefficient (Wildman–Crippen LogP) is 2.03. The summed E-state index contributed by atoms with van der Waals surface area (Å²) in [6.07, 6.45) is -0.980. The summed E-state index contributed by atoms with van der Waals surface area (Å²) in [5.41, 5.74) is 4.67. The molecule has 37 heavy (non-hydrogen) atoms. The number of aliphatic hydroxyl groups is 1. The molecule has 2 aromatic carbocycles. The maximum atomic E-state index is 13.1. The first-order valence-electron chi connectivity index (χ1n) is 11.7. The van der Waals surface area contributed by atoms with E-state index < -0.39 is 17.4 Å². The zero-order chi connectivity index (χ0) is 26.7. The molecule has 0 spiro atoms. The highest BCUT2D eigenvalue weighted by molar-refractivity contribution is 5.99. The van der Waals surface area contributed by atoms with E-state index in [0.29, 0.717) is 11.5 Å². The molecule has 0 aliphatic rings. The normalized spacial score (nSPS) is 12.5. The summed E-state index contributed by atoms with van der Waals surface area (Å²) in [6, 6.07) is 14.9. The van der Waals surface area contributed by atoms with Gasteiger partial charge in [-0.25, -0.2) is 10.2 Å². The number of methoxy groups -OCH3 is 1. The molecule has 0 aliphatic heterocycles. The highest BCUT2D eigenvalue weighted by atomic mass is 16.5. The van der Waals surface area contributed by atoms with Crippen LogP contribution in [0.5, 0.6) is 11.5 Å². The van der Waals surface area contributed by atoms with Gasteiger partial charge in [0, 0.05) is 14.1 Å². The zero-order valence-corrected chi connectivity index (χ0v) is 21.4. The van der Waals surface area contributed by atoms with Gasteiger partial charge < -0.3 is 19.1 Å². The van der Waals surface area contributed by atoms with E-state index in [0.717, 1.165) is 21.4 Å². The average molecular weight is 507 g/mol. The Morgan fingerprint density at radius 2 is 1.81 bits per heavy atom. The highest BCUT2D eigenvalue weighted by Crippen LogP contribution is 2.19. The summed E-state index contributed by atoms with van der Waals surface area (Å²) in [7, 11) is 4.53. The standard InChI is InChI=1S/C26H30N6O5/c1-16-8-6-7-9-21(16)37-15-19(33)14-32-22-23(30(3)26(35)31(4)24(22)34)27-25(32)29-28-17(2)18-10-12-20(36-5)13-11-18/h6-13,19,33H,14-15H2,1-5H3,(H,27,29)/b28-17-. The van der Waals surface area contributed by atoms with Gasteiger partial charge in [0.1, 0.15) is 24.2 Å². The lowest BCUT2D eigenvalue weighted by Crippen LogP contribution is -2.38. The van der Waals surface area contributed by atoms with Crippen molar-refractivity contribution in [3.05, 3.63) is 80.5 Å². The van der Waals surface area contributed by atoms with Gasteiger partial charge in [0.15, 0.2) is 11.2 Å². The Labute approximate surface area is 213 Å². The van der Waals surface area contributed by atoms with E-state index in [-0.39, 0.29) is 30.3 Å². The van der Waals surface area contributed by atoms with Crippen molar-refractivity contribution >= 4 is 22.8 Å². The Balaban J connectivity index is 1.68. The number of imidazole rings is 1. The number of nitrogens with zero attached hydrogens (tertiary/aromatic N) is 5. The minimum atomic E-state index is -0.980. The van der Waals surface area contributed by atoms with Gasteiger partial charge in [0.2, 0.25) is 5.95 Å². The minimum absolute atomic E-state index is 0.00973. The van der Waals surface area contributed by atoms with Crippen molar-refractivity contribution in [2.75, 3.05) is 19.1 Å². The largest absolute Gasteiger partial charge is 0.497 e. The zero-order valence-electron chi connectivity index (χ0n) is 21.4. The molecule has 0 saturated carbocycles. The summed E-state index contributed by atoms with van der Waals surface area (Å²) in [4.78, 5) is 30.0. The van der Waals surface area contributed by atoms with Crippen LogP contribution in [0.4, 0.5) is 5.95 Å². The van der Waals surface area contributed by atoms with E-state index in [1.807, 2.05) is 62.4 Å². The van der Waals surface area contributed by atoms with Crippen molar-refractivity contribution in [1.82, 2.24) is 18.7 Å². The van der Waals surface area contributed by atoms with Crippen molar-refractivity contribution in [3.63, 3.8) is 0 Å². The van der Waals surface area contributed by atoms with Crippen LogP contribution >= 0.6 is 0 Å². The number of hydrogen-bond acceptors (Lipinski definition) is 8. The van der Waals surface area contributed by atoms with Gasteiger partial charge in [0.05, 0.1) is 19.4 Å². The molecule has 0 saturated heterocycles. The maximum Gasteiger partial charge on any atom is 0.332 e. The predicted molar refractivity (Wildman–Crippen MR) is 142 cm³/mol. The molecule has 4 rings (SSSR count). The number of fused-ring (bicyclic) bond motifs is 1. The van der Waals surface area contributed by atoms with Crippen molar-refractivity contribution in [3.8, 4) is 11.5 Å². The monoisotopic (exact) mass is 506 g/mol. The second kappa shape index (κ2) is 10.7. The molecule has 2 aromatic heterocycles. The van der Waals surface area contributed by atoms with Crippen LogP contribution in [-0.4, -0.2) is 49.3 Å². The van der Waals surface area contributed by atoms with Crippen molar-refractivity contribution < 1.29 is 14.6 Å². The third kappa shape index (κ3) is 5.26. The van der Waals surface area contributed by atoms with Crippen LogP contribution in [0.15, 0.2) is 63.2 Å². The first-order chi connectivity index (χ1) is 17.7.